The van der Waals surface area contributed by atoms with Crippen LogP contribution >= 0.6 is 0 Å². The quantitative estimate of drug-likeness (QED) is 0.918. The van der Waals surface area contributed by atoms with Crippen LogP contribution in [-0.4, -0.2) is 53.1 Å². The van der Waals surface area contributed by atoms with Gasteiger partial charge in [0.05, 0.1) is 0 Å². The van der Waals surface area contributed by atoms with Crippen molar-refractivity contribution in [1.82, 2.24) is 15.0 Å². The van der Waals surface area contributed by atoms with Gasteiger partial charge in [-0.25, -0.2) is 4.79 Å². The monoisotopic (exact) mass is 334 g/mol. The zero-order chi connectivity index (χ0) is 17.7. The van der Waals surface area contributed by atoms with Gasteiger partial charge in [0.2, 0.25) is 5.91 Å². The molecule has 1 N–H and O–H groups in total. The Kier molecular flexibility index (Phi) is 6.00. The minimum Gasteiger partial charge on any atom is -0.354 e. The highest BCUT2D eigenvalue weighted by Gasteiger charge is 2.23. The van der Waals surface area contributed by atoms with E-state index in [1.807, 2.05) is 25.7 Å². The number of allylic oxidation sites excluding steroid dienone is 1. The molecule has 1 aromatic heterocycles. The Labute approximate surface area is 142 Å². The zero-order valence-electron chi connectivity index (χ0n) is 14.7. The van der Waals surface area contributed by atoms with Gasteiger partial charge < -0.3 is 14.3 Å². The van der Waals surface area contributed by atoms with E-state index in [0.29, 0.717) is 50.1 Å². The van der Waals surface area contributed by atoms with Crippen LogP contribution in [0.25, 0.3) is 5.57 Å². The molecule has 0 bridgehead atoms. The third-order valence-electron chi connectivity index (χ3n) is 3.88. The van der Waals surface area contributed by atoms with Crippen LogP contribution in [0, 0.1) is 5.92 Å². The molecule has 3 amide bonds. The Balaban J connectivity index is 1.89. The summed E-state index contributed by atoms with van der Waals surface area (Å²) in [6.07, 6.45) is 1.32. The largest absolute Gasteiger partial charge is 0.354 e. The molecule has 0 spiro atoms. The molecular formula is C17H26N4O3. The number of nitrogens with zero attached hydrogens (tertiary/aromatic N) is 3. The number of anilines is 1. The Hall–Kier alpha value is -2.31. The average molecular weight is 334 g/mol. The molecule has 0 saturated carbocycles. The van der Waals surface area contributed by atoms with Gasteiger partial charge in [0.1, 0.15) is 0 Å². The molecule has 0 aliphatic carbocycles. The van der Waals surface area contributed by atoms with Gasteiger partial charge in [-0.2, -0.15) is 0 Å². The smallest absolute Gasteiger partial charge is 0.323 e. The predicted molar refractivity (Wildman–Crippen MR) is 92.5 cm³/mol. The van der Waals surface area contributed by atoms with Gasteiger partial charge in [-0.3, -0.25) is 10.1 Å². The van der Waals surface area contributed by atoms with E-state index >= 15 is 0 Å². The number of amides is 3. The molecule has 7 heteroatoms. The Bertz CT molecular complexity index is 609. The summed E-state index contributed by atoms with van der Waals surface area (Å²) >= 11 is 0. The molecule has 7 nitrogen and oxygen atoms in total. The number of hydrogen-bond acceptors (Lipinski definition) is 4. The van der Waals surface area contributed by atoms with Crippen LogP contribution in [0.1, 0.15) is 39.4 Å². The van der Waals surface area contributed by atoms with Crippen LogP contribution in [0.15, 0.2) is 17.2 Å². The molecule has 24 heavy (non-hydrogen) atoms. The second-order valence-electron chi connectivity index (χ2n) is 6.61. The lowest BCUT2D eigenvalue weighted by Gasteiger charge is -2.22. The second kappa shape index (κ2) is 7.99. The van der Waals surface area contributed by atoms with E-state index < -0.39 is 0 Å². The highest BCUT2D eigenvalue weighted by atomic mass is 16.5. The highest BCUT2D eigenvalue weighted by molar-refractivity contribution is 5.88. The molecule has 1 aromatic rings. The predicted octanol–water partition coefficient (Wildman–Crippen LogP) is 2.82. The molecule has 0 unspecified atom stereocenters. The van der Waals surface area contributed by atoms with Crippen LogP contribution in [0.2, 0.25) is 0 Å². The van der Waals surface area contributed by atoms with E-state index in [2.05, 4.69) is 17.1 Å². The van der Waals surface area contributed by atoms with Crippen LogP contribution in [0.4, 0.5) is 10.6 Å². The Morgan fingerprint density at radius 1 is 1.29 bits per heavy atom. The minimum atomic E-state index is -0.227. The van der Waals surface area contributed by atoms with E-state index in [0.717, 1.165) is 12.0 Å². The summed E-state index contributed by atoms with van der Waals surface area (Å²) in [5, 5.41) is 6.54. The molecule has 132 valence electrons. The van der Waals surface area contributed by atoms with Crippen LogP contribution in [-0.2, 0) is 4.79 Å². The van der Waals surface area contributed by atoms with Gasteiger partial charge in [-0.15, -0.1) is 0 Å². The summed E-state index contributed by atoms with van der Waals surface area (Å²) in [7, 11) is 0. The van der Waals surface area contributed by atoms with Crippen molar-refractivity contribution in [2.75, 3.05) is 31.5 Å². The van der Waals surface area contributed by atoms with Crippen LogP contribution < -0.4 is 5.32 Å². The molecular weight excluding hydrogens is 308 g/mol. The number of aromatic nitrogens is 1. The second-order valence-corrected chi connectivity index (χ2v) is 6.61. The number of carbonyl (C=O) groups is 2. The van der Waals surface area contributed by atoms with Crippen molar-refractivity contribution in [3.8, 4) is 0 Å². The van der Waals surface area contributed by atoms with Crippen LogP contribution in [0.3, 0.4) is 0 Å². The molecule has 0 radical (unpaired) electrons. The number of hydrogen-bond donors (Lipinski definition) is 1. The maximum absolute atomic E-state index is 12.4. The molecule has 2 heterocycles. The van der Waals surface area contributed by atoms with Crippen molar-refractivity contribution >= 4 is 23.3 Å². The van der Waals surface area contributed by atoms with E-state index in [-0.39, 0.29) is 11.9 Å². The SMILES string of the molecule is C=C(C)c1cc(NC(=O)N2CCCN(C(=O)CC(C)C)CC2)no1. The zero-order valence-corrected chi connectivity index (χ0v) is 14.7. The number of urea groups is 1. The molecule has 1 fully saturated rings. The van der Waals surface area contributed by atoms with E-state index in [1.54, 1.807) is 11.0 Å². The van der Waals surface area contributed by atoms with Crippen molar-refractivity contribution in [2.24, 2.45) is 5.92 Å². The van der Waals surface area contributed by atoms with Gasteiger partial charge in [-0.05, 0) is 24.8 Å². The van der Waals surface area contributed by atoms with Crippen LogP contribution in [0.5, 0.6) is 0 Å². The van der Waals surface area contributed by atoms with Gasteiger partial charge >= 0.3 is 6.03 Å². The van der Waals surface area contributed by atoms with Crippen molar-refractivity contribution in [2.45, 2.75) is 33.6 Å². The summed E-state index contributed by atoms with van der Waals surface area (Å²) in [6, 6.07) is 1.42. The van der Waals surface area contributed by atoms with Gasteiger partial charge in [0, 0.05) is 38.7 Å². The lowest BCUT2D eigenvalue weighted by atomic mass is 10.1. The van der Waals surface area contributed by atoms with Crippen molar-refractivity contribution in [1.29, 1.82) is 0 Å². The maximum Gasteiger partial charge on any atom is 0.323 e. The molecule has 1 saturated heterocycles. The lowest BCUT2D eigenvalue weighted by Crippen LogP contribution is -2.39. The first kappa shape index (κ1) is 18.0. The molecule has 1 aliphatic rings. The minimum absolute atomic E-state index is 0.162. The molecule has 0 atom stereocenters. The maximum atomic E-state index is 12.4. The van der Waals surface area contributed by atoms with E-state index in [4.69, 9.17) is 4.52 Å². The van der Waals surface area contributed by atoms with Crippen molar-refractivity contribution in [3.05, 3.63) is 18.4 Å². The fourth-order valence-corrected chi connectivity index (χ4v) is 2.57. The van der Waals surface area contributed by atoms with Gasteiger partial charge in [-0.1, -0.05) is 25.6 Å². The van der Waals surface area contributed by atoms with Crippen molar-refractivity contribution in [3.63, 3.8) is 0 Å². The standard InChI is InChI=1S/C17H26N4O3/c1-12(2)10-16(22)20-6-5-7-21(9-8-20)17(23)18-15-11-14(13(3)4)24-19-15/h11-12H,3,5-10H2,1-2,4H3,(H,18,19,23). The third-order valence-corrected chi connectivity index (χ3v) is 3.88. The molecule has 0 aromatic carbocycles. The summed E-state index contributed by atoms with van der Waals surface area (Å²) in [6.45, 7) is 12.0. The number of nitrogens with one attached hydrogen (secondary N) is 1. The molecule has 2 rings (SSSR count). The Morgan fingerprint density at radius 2 is 1.96 bits per heavy atom. The average Bonchev–Trinajstić information content (AvgIpc) is 2.82. The fourth-order valence-electron chi connectivity index (χ4n) is 2.57. The third kappa shape index (κ3) is 4.84. The van der Waals surface area contributed by atoms with E-state index in [9.17, 15) is 9.59 Å². The van der Waals surface area contributed by atoms with Crippen molar-refractivity contribution < 1.29 is 14.1 Å². The summed E-state index contributed by atoms with van der Waals surface area (Å²) in [5.74, 6) is 1.42. The van der Waals surface area contributed by atoms with E-state index in [1.165, 1.54) is 0 Å². The first-order chi connectivity index (χ1) is 11.4. The van der Waals surface area contributed by atoms with Gasteiger partial charge in [0.15, 0.2) is 11.6 Å². The van der Waals surface area contributed by atoms with Gasteiger partial charge in [0.25, 0.3) is 0 Å². The highest BCUT2D eigenvalue weighted by Crippen LogP contribution is 2.16. The topological polar surface area (TPSA) is 78.7 Å². The Morgan fingerprint density at radius 3 is 2.58 bits per heavy atom. The summed E-state index contributed by atoms with van der Waals surface area (Å²) < 4.78 is 5.09. The summed E-state index contributed by atoms with van der Waals surface area (Å²) in [4.78, 5) is 28.1. The molecule has 1 aliphatic heterocycles. The number of carbonyl (C=O) groups excluding carboxylic acids is 2. The number of rotatable bonds is 4. The lowest BCUT2D eigenvalue weighted by molar-refractivity contribution is -0.131. The fraction of sp³-hybridized carbons (Fsp3) is 0.588. The summed E-state index contributed by atoms with van der Waals surface area (Å²) in [5.41, 5.74) is 0.747. The normalized spacial score (nSPS) is 15.3. The first-order valence-corrected chi connectivity index (χ1v) is 8.33. The first-order valence-electron chi connectivity index (χ1n) is 8.33.